The molecule has 3 rings (SSSR count). The molecule has 4 heteroatoms. The number of hydrogen-bond acceptors (Lipinski definition) is 2. The number of hydrogen-bond donors (Lipinski definition) is 1. The van der Waals surface area contributed by atoms with Crippen LogP contribution in [0.1, 0.15) is 18.9 Å². The minimum Gasteiger partial charge on any atom is -0.481 e. The highest BCUT2D eigenvalue weighted by Crippen LogP contribution is 2.42. The van der Waals surface area contributed by atoms with Gasteiger partial charge in [-0.15, -0.1) is 0 Å². The Morgan fingerprint density at radius 3 is 2.68 bits per heavy atom. The Hall–Kier alpha value is -1.84. The molecule has 3 atom stereocenters. The highest BCUT2D eigenvalue weighted by Gasteiger charge is 2.50. The first kappa shape index (κ1) is 12.2. The summed E-state index contributed by atoms with van der Waals surface area (Å²) in [4.78, 5) is 25.1. The van der Waals surface area contributed by atoms with Crippen LogP contribution in [0.5, 0.6) is 0 Å². The minimum atomic E-state index is -0.850. The normalized spacial score (nSPS) is 28.7. The lowest BCUT2D eigenvalue weighted by Crippen LogP contribution is -2.40. The summed E-state index contributed by atoms with van der Waals surface area (Å²) >= 11 is 0. The number of carbonyl (C=O) groups is 2. The van der Waals surface area contributed by atoms with Crippen molar-refractivity contribution in [3.63, 3.8) is 0 Å². The van der Waals surface area contributed by atoms with Crippen LogP contribution in [0.4, 0.5) is 5.69 Å². The number of amides is 1. The number of nitrogens with zero attached hydrogens (tertiary/aromatic N) is 1. The number of carboxylic acids is 1. The van der Waals surface area contributed by atoms with E-state index in [2.05, 4.69) is 6.92 Å². The van der Waals surface area contributed by atoms with Gasteiger partial charge in [0.2, 0.25) is 5.91 Å². The number of para-hydroxylation sites is 1. The van der Waals surface area contributed by atoms with E-state index >= 15 is 0 Å². The van der Waals surface area contributed by atoms with E-state index in [0.29, 0.717) is 18.9 Å². The first-order valence-corrected chi connectivity index (χ1v) is 6.70. The van der Waals surface area contributed by atoms with Gasteiger partial charge in [0.05, 0.1) is 11.8 Å². The topological polar surface area (TPSA) is 57.6 Å². The number of aliphatic carboxylic acids is 1. The van der Waals surface area contributed by atoms with Gasteiger partial charge in [-0.05, 0) is 30.4 Å². The van der Waals surface area contributed by atoms with E-state index in [0.717, 1.165) is 12.1 Å². The van der Waals surface area contributed by atoms with E-state index in [1.54, 1.807) is 4.90 Å². The van der Waals surface area contributed by atoms with Gasteiger partial charge < -0.3 is 10.0 Å². The Kier molecular flexibility index (Phi) is 2.81. The van der Waals surface area contributed by atoms with Crippen molar-refractivity contribution in [1.29, 1.82) is 0 Å². The highest BCUT2D eigenvalue weighted by atomic mass is 16.4. The fraction of sp³-hybridized carbons (Fsp3) is 0.467. The van der Waals surface area contributed by atoms with Gasteiger partial charge in [-0.1, -0.05) is 25.1 Å². The predicted octanol–water partition coefficient (Wildman–Crippen LogP) is 1.93. The minimum absolute atomic E-state index is 0.0219. The van der Waals surface area contributed by atoms with Crippen LogP contribution < -0.4 is 4.90 Å². The zero-order valence-electron chi connectivity index (χ0n) is 10.9. The fourth-order valence-electron chi connectivity index (χ4n) is 2.95. The lowest BCUT2D eigenvalue weighted by atomic mass is 9.93. The van der Waals surface area contributed by atoms with Crippen LogP contribution in [0, 0.1) is 17.8 Å². The molecule has 1 fully saturated rings. The van der Waals surface area contributed by atoms with Crippen molar-refractivity contribution in [3.8, 4) is 0 Å². The maximum Gasteiger partial charge on any atom is 0.307 e. The molecule has 1 aromatic carbocycles. The Bertz CT molecular complexity index is 540. The molecule has 0 radical (unpaired) electrons. The third kappa shape index (κ3) is 2.11. The van der Waals surface area contributed by atoms with Crippen molar-refractivity contribution in [2.24, 2.45) is 17.8 Å². The third-order valence-corrected chi connectivity index (χ3v) is 4.04. The molecule has 19 heavy (non-hydrogen) atoms. The van der Waals surface area contributed by atoms with E-state index < -0.39 is 11.9 Å². The van der Waals surface area contributed by atoms with Gasteiger partial charge in [-0.2, -0.15) is 0 Å². The molecule has 1 saturated carbocycles. The molecule has 100 valence electrons. The van der Waals surface area contributed by atoms with Gasteiger partial charge in [-0.3, -0.25) is 9.59 Å². The van der Waals surface area contributed by atoms with Crippen molar-refractivity contribution >= 4 is 17.6 Å². The summed E-state index contributed by atoms with van der Waals surface area (Å²) in [5, 5.41) is 8.95. The maximum atomic E-state index is 12.4. The summed E-state index contributed by atoms with van der Waals surface area (Å²) < 4.78 is 0. The number of benzene rings is 1. The van der Waals surface area contributed by atoms with Gasteiger partial charge in [0.25, 0.3) is 0 Å². The summed E-state index contributed by atoms with van der Waals surface area (Å²) in [6.45, 7) is 2.82. The van der Waals surface area contributed by atoms with Gasteiger partial charge in [-0.25, -0.2) is 0 Å². The molecule has 4 nitrogen and oxygen atoms in total. The second kappa shape index (κ2) is 4.37. The molecule has 2 aliphatic rings. The van der Waals surface area contributed by atoms with Gasteiger partial charge >= 0.3 is 5.97 Å². The van der Waals surface area contributed by atoms with E-state index in [4.69, 9.17) is 5.11 Å². The van der Waals surface area contributed by atoms with Crippen LogP contribution in [0.3, 0.4) is 0 Å². The molecule has 1 amide bonds. The second-order valence-electron chi connectivity index (χ2n) is 5.67. The first-order valence-electron chi connectivity index (χ1n) is 6.70. The van der Waals surface area contributed by atoms with Crippen molar-refractivity contribution in [2.45, 2.75) is 19.8 Å². The van der Waals surface area contributed by atoms with Crippen molar-refractivity contribution in [2.75, 3.05) is 11.4 Å². The monoisotopic (exact) mass is 259 g/mol. The van der Waals surface area contributed by atoms with Crippen LogP contribution in [0.15, 0.2) is 24.3 Å². The Balaban J connectivity index is 1.85. The van der Waals surface area contributed by atoms with Crippen LogP contribution in [0.2, 0.25) is 0 Å². The van der Waals surface area contributed by atoms with Crippen LogP contribution >= 0.6 is 0 Å². The van der Waals surface area contributed by atoms with Crippen LogP contribution in [-0.2, 0) is 16.0 Å². The van der Waals surface area contributed by atoms with E-state index in [1.165, 1.54) is 5.56 Å². The average Bonchev–Trinajstić information content (AvgIpc) is 3.17. The summed E-state index contributed by atoms with van der Waals surface area (Å²) in [6, 6.07) is 7.91. The SMILES string of the molecule is CC1Cc2ccccc2N(C(=O)C2CC2C(=O)O)C1. The molecular formula is C15H17NO3. The number of carbonyl (C=O) groups excluding carboxylic acids is 1. The lowest BCUT2D eigenvalue weighted by Gasteiger charge is -2.33. The number of fused-ring (bicyclic) bond motifs is 1. The Labute approximate surface area is 112 Å². The first-order chi connectivity index (χ1) is 9.08. The smallest absolute Gasteiger partial charge is 0.307 e. The molecule has 1 heterocycles. The summed E-state index contributed by atoms with van der Waals surface area (Å²) in [5.74, 6) is -1.25. The van der Waals surface area contributed by atoms with Crippen LogP contribution in [0.25, 0.3) is 0 Å². The summed E-state index contributed by atoms with van der Waals surface area (Å²) in [6.07, 6.45) is 1.47. The molecule has 3 unspecified atom stereocenters. The van der Waals surface area contributed by atoms with Crippen molar-refractivity contribution in [3.05, 3.63) is 29.8 Å². The quantitative estimate of drug-likeness (QED) is 0.883. The van der Waals surface area contributed by atoms with Gasteiger partial charge in [0, 0.05) is 12.2 Å². The Morgan fingerprint density at radius 1 is 1.26 bits per heavy atom. The standard InChI is InChI=1S/C15H17NO3/c1-9-6-10-4-2-3-5-13(10)16(8-9)14(17)11-7-12(11)15(18)19/h2-5,9,11-12H,6-8H2,1H3,(H,18,19). The molecule has 1 N–H and O–H groups in total. The van der Waals surface area contributed by atoms with Gasteiger partial charge in [0.15, 0.2) is 0 Å². The van der Waals surface area contributed by atoms with Crippen LogP contribution in [-0.4, -0.2) is 23.5 Å². The molecular weight excluding hydrogens is 242 g/mol. The Morgan fingerprint density at radius 2 is 2.00 bits per heavy atom. The summed E-state index contributed by atoms with van der Waals surface area (Å²) in [5.41, 5.74) is 2.14. The predicted molar refractivity (Wildman–Crippen MR) is 70.9 cm³/mol. The number of carboxylic acid groups (broad SMARTS) is 1. The molecule has 1 aliphatic heterocycles. The number of anilines is 1. The van der Waals surface area contributed by atoms with E-state index in [1.807, 2.05) is 24.3 Å². The molecule has 0 aromatic heterocycles. The molecule has 0 spiro atoms. The van der Waals surface area contributed by atoms with Crippen molar-refractivity contribution < 1.29 is 14.7 Å². The maximum absolute atomic E-state index is 12.4. The largest absolute Gasteiger partial charge is 0.481 e. The zero-order valence-corrected chi connectivity index (χ0v) is 10.9. The zero-order chi connectivity index (χ0) is 13.6. The summed E-state index contributed by atoms with van der Waals surface area (Å²) in [7, 11) is 0. The number of rotatable bonds is 2. The van der Waals surface area contributed by atoms with Gasteiger partial charge in [0.1, 0.15) is 0 Å². The molecule has 1 aromatic rings. The third-order valence-electron chi connectivity index (χ3n) is 4.04. The average molecular weight is 259 g/mol. The fourth-order valence-corrected chi connectivity index (χ4v) is 2.95. The molecule has 1 aliphatic carbocycles. The molecule has 0 saturated heterocycles. The second-order valence-corrected chi connectivity index (χ2v) is 5.67. The molecule has 0 bridgehead atoms. The highest BCUT2D eigenvalue weighted by molar-refractivity contribution is 6.00. The lowest BCUT2D eigenvalue weighted by molar-refractivity contribution is -0.140. The van der Waals surface area contributed by atoms with Crippen molar-refractivity contribution in [1.82, 2.24) is 0 Å². The van der Waals surface area contributed by atoms with E-state index in [-0.39, 0.29) is 11.8 Å². The van der Waals surface area contributed by atoms with E-state index in [9.17, 15) is 9.59 Å².